The van der Waals surface area contributed by atoms with Crippen LogP contribution in [0.4, 0.5) is 0 Å². The molecule has 0 spiro atoms. The van der Waals surface area contributed by atoms with E-state index in [1.165, 1.54) is 21.3 Å². The van der Waals surface area contributed by atoms with Crippen molar-refractivity contribution in [2.45, 2.75) is 0 Å². The number of carbonyl (C=O) groups excluding carboxylic acids is 2. The van der Waals surface area contributed by atoms with Gasteiger partial charge in [-0.2, -0.15) is 0 Å². The summed E-state index contributed by atoms with van der Waals surface area (Å²) in [6.07, 6.45) is 3.38. The SMILES string of the molecule is COc1ccc(-c2cccc(/C=C/C(=O)N3CCN(C(=O)c4cc(OC)c(OC)c(OC)c4)CC3)c2)cc1OC. The molecule has 0 aromatic heterocycles. The normalized spacial score (nSPS) is 13.2. The molecular weight excluding hydrogens is 512 g/mol. The minimum absolute atomic E-state index is 0.101. The van der Waals surface area contributed by atoms with Crippen LogP contribution in [0.1, 0.15) is 15.9 Å². The first-order valence-electron chi connectivity index (χ1n) is 12.8. The van der Waals surface area contributed by atoms with Crippen LogP contribution >= 0.6 is 0 Å². The molecule has 3 aromatic rings. The number of methoxy groups -OCH3 is 5. The van der Waals surface area contributed by atoms with Crippen molar-refractivity contribution in [3.05, 3.63) is 71.8 Å². The molecule has 210 valence electrons. The Balaban J connectivity index is 1.39. The smallest absolute Gasteiger partial charge is 0.254 e. The highest BCUT2D eigenvalue weighted by atomic mass is 16.5. The van der Waals surface area contributed by atoms with Crippen LogP contribution in [-0.4, -0.2) is 83.3 Å². The summed E-state index contributed by atoms with van der Waals surface area (Å²) in [5.74, 6) is 2.32. The maximum atomic E-state index is 13.2. The van der Waals surface area contributed by atoms with E-state index in [1.54, 1.807) is 48.3 Å². The van der Waals surface area contributed by atoms with E-state index >= 15 is 0 Å². The molecule has 0 N–H and O–H groups in total. The van der Waals surface area contributed by atoms with Gasteiger partial charge in [0.1, 0.15) is 0 Å². The van der Waals surface area contributed by atoms with Gasteiger partial charge in [0.25, 0.3) is 5.91 Å². The van der Waals surface area contributed by atoms with Crippen LogP contribution in [-0.2, 0) is 4.79 Å². The molecule has 1 fully saturated rings. The number of ether oxygens (including phenoxy) is 5. The molecule has 0 bridgehead atoms. The largest absolute Gasteiger partial charge is 0.493 e. The number of rotatable bonds is 9. The van der Waals surface area contributed by atoms with Crippen molar-refractivity contribution < 1.29 is 33.3 Å². The van der Waals surface area contributed by atoms with Crippen molar-refractivity contribution in [3.8, 4) is 39.9 Å². The molecule has 9 nitrogen and oxygen atoms in total. The number of hydrogen-bond acceptors (Lipinski definition) is 7. The molecule has 4 rings (SSSR count). The maximum Gasteiger partial charge on any atom is 0.254 e. The lowest BCUT2D eigenvalue weighted by atomic mass is 10.0. The fourth-order valence-corrected chi connectivity index (χ4v) is 4.63. The summed E-state index contributed by atoms with van der Waals surface area (Å²) < 4.78 is 26.8. The quantitative estimate of drug-likeness (QED) is 0.368. The number of carbonyl (C=O) groups is 2. The summed E-state index contributed by atoms with van der Waals surface area (Å²) in [7, 11) is 7.75. The molecule has 0 radical (unpaired) electrons. The highest BCUT2D eigenvalue weighted by Crippen LogP contribution is 2.38. The topological polar surface area (TPSA) is 86.8 Å². The second kappa shape index (κ2) is 12.9. The number of piperazine rings is 1. The number of amides is 2. The lowest BCUT2D eigenvalue weighted by Crippen LogP contribution is -2.50. The highest BCUT2D eigenvalue weighted by molar-refractivity contribution is 5.96. The summed E-state index contributed by atoms with van der Waals surface area (Å²) in [5.41, 5.74) is 3.31. The van der Waals surface area contributed by atoms with Gasteiger partial charge in [-0.05, 0) is 53.1 Å². The molecule has 9 heteroatoms. The van der Waals surface area contributed by atoms with Crippen LogP contribution in [0.5, 0.6) is 28.7 Å². The lowest BCUT2D eigenvalue weighted by Gasteiger charge is -2.34. The summed E-state index contributed by atoms with van der Waals surface area (Å²) in [5, 5.41) is 0. The van der Waals surface area contributed by atoms with Crippen molar-refractivity contribution in [1.82, 2.24) is 9.80 Å². The Hall–Kier alpha value is -4.66. The molecule has 0 atom stereocenters. The van der Waals surface area contributed by atoms with Crippen LogP contribution in [0, 0.1) is 0 Å². The van der Waals surface area contributed by atoms with Gasteiger partial charge >= 0.3 is 0 Å². The van der Waals surface area contributed by atoms with Crippen LogP contribution in [0.2, 0.25) is 0 Å². The third-order valence-electron chi connectivity index (χ3n) is 6.81. The molecule has 3 aromatic carbocycles. The minimum Gasteiger partial charge on any atom is -0.493 e. The minimum atomic E-state index is -0.158. The van der Waals surface area contributed by atoms with Gasteiger partial charge in [-0.1, -0.05) is 24.3 Å². The fraction of sp³-hybridized carbons (Fsp3) is 0.290. The Labute approximate surface area is 234 Å². The Kier molecular flexibility index (Phi) is 9.16. The van der Waals surface area contributed by atoms with E-state index in [1.807, 2.05) is 42.5 Å². The van der Waals surface area contributed by atoms with Gasteiger partial charge in [0.15, 0.2) is 23.0 Å². The first kappa shape index (κ1) is 28.4. The predicted molar refractivity (Wildman–Crippen MR) is 153 cm³/mol. The molecule has 1 saturated heterocycles. The summed E-state index contributed by atoms with van der Waals surface area (Å²) in [6, 6.07) is 16.9. The third-order valence-corrected chi connectivity index (χ3v) is 6.81. The molecule has 40 heavy (non-hydrogen) atoms. The van der Waals surface area contributed by atoms with E-state index < -0.39 is 0 Å². The van der Waals surface area contributed by atoms with Crippen molar-refractivity contribution >= 4 is 17.9 Å². The molecule has 1 heterocycles. The standard InChI is InChI=1S/C31H34N2O7/c1-36-25-11-10-23(18-26(25)37-2)22-8-6-7-21(17-22)9-12-29(34)32-13-15-33(16-14-32)31(35)24-19-27(38-3)30(40-5)28(20-24)39-4/h6-12,17-20H,13-16H2,1-5H3/b12-9+. The van der Waals surface area contributed by atoms with Crippen molar-refractivity contribution in [1.29, 1.82) is 0 Å². The molecule has 1 aliphatic heterocycles. The van der Waals surface area contributed by atoms with Crippen molar-refractivity contribution in [2.75, 3.05) is 61.7 Å². The molecule has 0 unspecified atom stereocenters. The van der Waals surface area contributed by atoms with Gasteiger partial charge in [0.05, 0.1) is 35.5 Å². The molecule has 0 saturated carbocycles. The molecule has 1 aliphatic rings. The summed E-state index contributed by atoms with van der Waals surface area (Å²) in [4.78, 5) is 29.6. The molecule has 2 amide bonds. The van der Waals surface area contributed by atoms with E-state index in [0.717, 1.165) is 16.7 Å². The van der Waals surface area contributed by atoms with Gasteiger partial charge < -0.3 is 33.5 Å². The summed E-state index contributed by atoms with van der Waals surface area (Å²) >= 11 is 0. The van der Waals surface area contributed by atoms with Crippen LogP contribution in [0.15, 0.2) is 60.7 Å². The van der Waals surface area contributed by atoms with Gasteiger partial charge in [-0.25, -0.2) is 0 Å². The molecule has 0 aliphatic carbocycles. The zero-order chi connectivity index (χ0) is 28.6. The first-order valence-corrected chi connectivity index (χ1v) is 12.8. The van der Waals surface area contributed by atoms with E-state index in [0.29, 0.717) is 60.5 Å². The number of benzene rings is 3. The van der Waals surface area contributed by atoms with Crippen LogP contribution in [0.3, 0.4) is 0 Å². The van der Waals surface area contributed by atoms with Gasteiger partial charge in [-0.15, -0.1) is 0 Å². The Bertz CT molecular complexity index is 1370. The Morgan fingerprint density at radius 2 is 1.25 bits per heavy atom. The second-order valence-electron chi connectivity index (χ2n) is 9.06. The average Bonchev–Trinajstić information content (AvgIpc) is 3.02. The highest BCUT2D eigenvalue weighted by Gasteiger charge is 2.26. The van der Waals surface area contributed by atoms with E-state index in [9.17, 15) is 9.59 Å². The van der Waals surface area contributed by atoms with Gasteiger partial charge in [0, 0.05) is 37.8 Å². The number of nitrogens with zero attached hydrogens (tertiary/aromatic N) is 2. The fourth-order valence-electron chi connectivity index (χ4n) is 4.63. The third kappa shape index (κ3) is 6.14. The molecular formula is C31H34N2O7. The second-order valence-corrected chi connectivity index (χ2v) is 9.06. The van der Waals surface area contributed by atoms with Crippen LogP contribution in [0.25, 0.3) is 17.2 Å². The van der Waals surface area contributed by atoms with Gasteiger partial charge in [0.2, 0.25) is 11.7 Å². The van der Waals surface area contributed by atoms with Crippen molar-refractivity contribution in [3.63, 3.8) is 0 Å². The van der Waals surface area contributed by atoms with Gasteiger partial charge in [-0.3, -0.25) is 9.59 Å². The van der Waals surface area contributed by atoms with E-state index in [2.05, 4.69) is 0 Å². The monoisotopic (exact) mass is 546 g/mol. The Morgan fingerprint density at radius 1 is 0.650 bits per heavy atom. The van der Waals surface area contributed by atoms with E-state index in [-0.39, 0.29) is 11.8 Å². The van der Waals surface area contributed by atoms with E-state index in [4.69, 9.17) is 23.7 Å². The van der Waals surface area contributed by atoms with Crippen molar-refractivity contribution in [2.24, 2.45) is 0 Å². The zero-order valence-corrected chi connectivity index (χ0v) is 23.4. The lowest BCUT2D eigenvalue weighted by molar-refractivity contribution is -0.127. The average molecular weight is 547 g/mol. The number of hydrogen-bond donors (Lipinski definition) is 0. The Morgan fingerprint density at radius 3 is 1.85 bits per heavy atom. The van der Waals surface area contributed by atoms with Crippen LogP contribution < -0.4 is 23.7 Å². The first-order chi connectivity index (χ1) is 19.4. The zero-order valence-electron chi connectivity index (χ0n) is 23.4. The summed E-state index contributed by atoms with van der Waals surface area (Å²) in [6.45, 7) is 1.71. The predicted octanol–water partition coefficient (Wildman–Crippen LogP) is 4.39. The maximum absolute atomic E-state index is 13.2.